The molecule has 0 unspecified atom stereocenters. The predicted molar refractivity (Wildman–Crippen MR) is 94.2 cm³/mol. The van der Waals surface area contributed by atoms with Gasteiger partial charge in [-0.1, -0.05) is 12.1 Å². The van der Waals surface area contributed by atoms with Crippen molar-refractivity contribution in [2.24, 2.45) is 5.73 Å². The summed E-state index contributed by atoms with van der Waals surface area (Å²) in [4.78, 5) is 24.9. The monoisotopic (exact) mass is 373 g/mol. The Morgan fingerprint density at radius 1 is 1.33 bits per heavy atom. The van der Waals surface area contributed by atoms with E-state index in [4.69, 9.17) is 24.4 Å². The molecule has 8 heteroatoms. The van der Waals surface area contributed by atoms with Crippen LogP contribution >= 0.6 is 0 Å². The van der Waals surface area contributed by atoms with E-state index in [9.17, 15) is 14.7 Å². The molecule has 142 valence electrons. The van der Waals surface area contributed by atoms with E-state index in [1.165, 1.54) is 7.11 Å². The van der Waals surface area contributed by atoms with Crippen LogP contribution in [0, 0.1) is 0 Å². The van der Waals surface area contributed by atoms with Crippen LogP contribution in [0.4, 0.5) is 0 Å². The number of carbonyl (C=O) groups excluding carboxylic acids is 1. The van der Waals surface area contributed by atoms with E-state index in [1.54, 1.807) is 31.2 Å². The molecule has 27 heavy (non-hydrogen) atoms. The van der Waals surface area contributed by atoms with E-state index in [1.807, 2.05) is 0 Å². The first-order chi connectivity index (χ1) is 13.0. The van der Waals surface area contributed by atoms with Crippen molar-refractivity contribution in [2.75, 3.05) is 13.7 Å². The maximum atomic E-state index is 12.6. The highest BCUT2D eigenvalue weighted by Gasteiger charge is 2.39. The number of nitrogens with two attached hydrogens (primary N) is 1. The van der Waals surface area contributed by atoms with E-state index in [0.717, 1.165) is 6.07 Å². The molecule has 8 nitrogen and oxygen atoms in total. The summed E-state index contributed by atoms with van der Waals surface area (Å²) in [6.07, 6.45) is 0. The first-order valence-corrected chi connectivity index (χ1v) is 8.26. The summed E-state index contributed by atoms with van der Waals surface area (Å²) in [7, 11) is 1.51. The van der Waals surface area contributed by atoms with E-state index >= 15 is 0 Å². The summed E-state index contributed by atoms with van der Waals surface area (Å²) in [5.41, 5.74) is 6.04. The van der Waals surface area contributed by atoms with Crippen LogP contribution in [0.2, 0.25) is 0 Å². The number of ether oxygens (including phenoxy) is 3. The summed E-state index contributed by atoms with van der Waals surface area (Å²) in [6, 6.07) is 8.01. The standard InChI is InChI=1S/C19H19NO7/c1-3-25-19(23)15-14(10-5-4-6-11(7-10)24-2)17-16(27-18(15)20)13(22)8-12(9-21)26-17/h4-8,14,21H,3,9,20H2,1-2H3/t14-/m1/s1. The Kier molecular flexibility index (Phi) is 5.18. The third kappa shape index (κ3) is 3.39. The average molecular weight is 373 g/mol. The minimum Gasteiger partial charge on any atom is -0.497 e. The fourth-order valence-corrected chi connectivity index (χ4v) is 2.92. The van der Waals surface area contributed by atoms with Gasteiger partial charge in [-0.3, -0.25) is 4.79 Å². The summed E-state index contributed by atoms with van der Waals surface area (Å²) in [6.45, 7) is 1.31. The molecule has 0 spiro atoms. The van der Waals surface area contributed by atoms with Gasteiger partial charge < -0.3 is 29.5 Å². The predicted octanol–water partition coefficient (Wildman–Crippen LogP) is 1.40. The van der Waals surface area contributed by atoms with Gasteiger partial charge in [0.25, 0.3) is 0 Å². The van der Waals surface area contributed by atoms with Gasteiger partial charge in [0.15, 0.2) is 5.76 Å². The molecule has 0 saturated heterocycles. The van der Waals surface area contributed by atoms with Gasteiger partial charge in [0.1, 0.15) is 23.7 Å². The van der Waals surface area contributed by atoms with Gasteiger partial charge in [0.2, 0.25) is 17.1 Å². The summed E-state index contributed by atoms with van der Waals surface area (Å²) in [5, 5.41) is 9.39. The molecule has 0 fully saturated rings. The average Bonchev–Trinajstić information content (AvgIpc) is 2.67. The van der Waals surface area contributed by atoms with E-state index in [0.29, 0.717) is 11.3 Å². The van der Waals surface area contributed by atoms with Gasteiger partial charge in [-0.25, -0.2) is 4.79 Å². The van der Waals surface area contributed by atoms with Crippen molar-refractivity contribution in [3.8, 4) is 11.5 Å². The van der Waals surface area contributed by atoms with Crippen molar-refractivity contribution >= 4 is 5.97 Å². The fraction of sp³-hybridized carbons (Fsp3) is 0.263. The largest absolute Gasteiger partial charge is 0.497 e. The zero-order valence-corrected chi connectivity index (χ0v) is 14.9. The number of esters is 1. The second-order valence-electron chi connectivity index (χ2n) is 5.74. The highest BCUT2D eigenvalue weighted by Crippen LogP contribution is 2.42. The maximum Gasteiger partial charge on any atom is 0.340 e. The topological polar surface area (TPSA) is 121 Å². The Hall–Kier alpha value is -3.26. The highest BCUT2D eigenvalue weighted by atomic mass is 16.5. The molecular weight excluding hydrogens is 354 g/mol. The van der Waals surface area contributed by atoms with Crippen LogP contribution in [0.25, 0.3) is 0 Å². The van der Waals surface area contributed by atoms with Crippen LogP contribution in [0.3, 0.4) is 0 Å². The van der Waals surface area contributed by atoms with Gasteiger partial charge in [0.05, 0.1) is 19.6 Å². The molecule has 1 aliphatic rings. The van der Waals surface area contributed by atoms with Crippen LogP contribution < -0.4 is 20.6 Å². The summed E-state index contributed by atoms with van der Waals surface area (Å²) < 4.78 is 21.4. The third-order valence-electron chi connectivity index (χ3n) is 4.09. The Morgan fingerprint density at radius 3 is 2.78 bits per heavy atom. The number of aliphatic hydroxyl groups excluding tert-OH is 1. The van der Waals surface area contributed by atoms with Crippen molar-refractivity contribution in [1.29, 1.82) is 0 Å². The molecule has 1 atom stereocenters. The van der Waals surface area contributed by atoms with E-state index < -0.39 is 23.9 Å². The lowest BCUT2D eigenvalue weighted by molar-refractivity contribution is -0.139. The number of rotatable bonds is 5. The Balaban J connectivity index is 2.27. The highest BCUT2D eigenvalue weighted by molar-refractivity contribution is 5.92. The van der Waals surface area contributed by atoms with Gasteiger partial charge in [-0.2, -0.15) is 0 Å². The second kappa shape index (κ2) is 7.55. The van der Waals surface area contributed by atoms with Crippen LogP contribution in [-0.2, 0) is 16.1 Å². The van der Waals surface area contributed by atoms with Crippen molar-refractivity contribution < 1.29 is 28.5 Å². The number of aliphatic hydroxyl groups is 1. The molecule has 0 saturated carbocycles. The van der Waals surface area contributed by atoms with Gasteiger partial charge >= 0.3 is 5.97 Å². The number of benzene rings is 1. The zero-order valence-electron chi connectivity index (χ0n) is 14.9. The number of hydrogen-bond acceptors (Lipinski definition) is 8. The SMILES string of the molecule is CCOC(=O)C1=C(N)Oc2c(oc(CO)cc2=O)[C@@H]1c1cccc(OC)c1. The lowest BCUT2D eigenvalue weighted by Gasteiger charge is -2.27. The van der Waals surface area contributed by atoms with Crippen molar-refractivity contribution in [2.45, 2.75) is 19.4 Å². The first-order valence-electron chi connectivity index (χ1n) is 8.26. The fourth-order valence-electron chi connectivity index (χ4n) is 2.92. The smallest absolute Gasteiger partial charge is 0.340 e. The van der Waals surface area contributed by atoms with Crippen molar-refractivity contribution in [3.63, 3.8) is 0 Å². The normalized spacial score (nSPS) is 15.7. The molecule has 3 N–H and O–H groups in total. The van der Waals surface area contributed by atoms with Crippen LogP contribution in [0.15, 0.2) is 51.0 Å². The van der Waals surface area contributed by atoms with Gasteiger partial charge in [-0.15, -0.1) is 0 Å². The minimum absolute atomic E-state index is 0.0100. The van der Waals surface area contributed by atoms with E-state index in [-0.39, 0.29) is 35.3 Å². The molecule has 0 aliphatic carbocycles. The molecule has 0 bridgehead atoms. The molecule has 0 radical (unpaired) electrons. The number of hydrogen-bond donors (Lipinski definition) is 2. The molecule has 1 aromatic heterocycles. The van der Waals surface area contributed by atoms with Crippen LogP contribution in [0.5, 0.6) is 11.5 Å². The first kappa shape index (κ1) is 18.5. The minimum atomic E-state index is -0.859. The van der Waals surface area contributed by atoms with Gasteiger partial charge in [-0.05, 0) is 24.6 Å². The quantitative estimate of drug-likeness (QED) is 0.755. The Labute approximate surface area is 154 Å². The van der Waals surface area contributed by atoms with Crippen molar-refractivity contribution in [3.05, 3.63) is 69.1 Å². The van der Waals surface area contributed by atoms with Crippen LogP contribution in [-0.4, -0.2) is 24.8 Å². The number of fused-ring (bicyclic) bond motifs is 1. The molecule has 2 aromatic rings. The van der Waals surface area contributed by atoms with Crippen molar-refractivity contribution in [1.82, 2.24) is 0 Å². The Bertz CT molecular complexity index is 961. The molecule has 1 aromatic carbocycles. The third-order valence-corrected chi connectivity index (χ3v) is 4.09. The number of carbonyl (C=O) groups is 1. The summed E-state index contributed by atoms with van der Waals surface area (Å²) >= 11 is 0. The lowest BCUT2D eigenvalue weighted by atomic mass is 9.86. The van der Waals surface area contributed by atoms with Crippen LogP contribution in [0.1, 0.15) is 29.9 Å². The number of methoxy groups -OCH3 is 1. The maximum absolute atomic E-state index is 12.6. The molecule has 2 heterocycles. The Morgan fingerprint density at radius 2 is 2.11 bits per heavy atom. The molecule has 0 amide bonds. The van der Waals surface area contributed by atoms with E-state index in [2.05, 4.69) is 0 Å². The zero-order chi connectivity index (χ0) is 19.6. The molecular formula is C19H19NO7. The second-order valence-corrected chi connectivity index (χ2v) is 5.74. The lowest BCUT2D eigenvalue weighted by Crippen LogP contribution is -2.30. The summed E-state index contributed by atoms with van der Waals surface area (Å²) in [5.74, 6) is -1.27. The molecule has 1 aliphatic heterocycles. The molecule has 3 rings (SSSR count). The van der Waals surface area contributed by atoms with Gasteiger partial charge in [0, 0.05) is 6.07 Å².